The van der Waals surface area contributed by atoms with Crippen molar-refractivity contribution in [2.24, 2.45) is 16.6 Å². The maximum absolute atomic E-state index is 12.4. The molecule has 0 atom stereocenters. The van der Waals surface area contributed by atoms with Crippen LogP contribution in [0.4, 0.5) is 0 Å². The molecule has 116 valence electrons. The Labute approximate surface area is 123 Å². The lowest BCUT2D eigenvalue weighted by molar-refractivity contribution is -0.141. The van der Waals surface area contributed by atoms with Gasteiger partial charge in [0.25, 0.3) is 0 Å². The van der Waals surface area contributed by atoms with E-state index in [0.29, 0.717) is 0 Å². The van der Waals surface area contributed by atoms with Gasteiger partial charge in [-0.05, 0) is 43.1 Å². The van der Waals surface area contributed by atoms with Gasteiger partial charge >= 0.3 is 0 Å². The van der Waals surface area contributed by atoms with Crippen LogP contribution in [0.1, 0.15) is 53.4 Å². The number of hydrogen-bond donors (Lipinski definition) is 2. The van der Waals surface area contributed by atoms with E-state index in [-0.39, 0.29) is 16.7 Å². The molecule has 0 radical (unpaired) electrons. The molecule has 0 aromatic rings. The van der Waals surface area contributed by atoms with E-state index in [2.05, 4.69) is 37.9 Å². The Morgan fingerprint density at radius 1 is 1.00 bits per heavy atom. The summed E-state index contributed by atoms with van der Waals surface area (Å²) in [7, 11) is 0. The molecule has 0 unspecified atom stereocenters. The van der Waals surface area contributed by atoms with E-state index >= 15 is 0 Å². The molecule has 2 rings (SSSR count). The van der Waals surface area contributed by atoms with Crippen LogP contribution in [-0.4, -0.2) is 42.5 Å². The average molecular weight is 281 g/mol. The van der Waals surface area contributed by atoms with E-state index in [4.69, 9.17) is 5.73 Å². The lowest BCUT2D eigenvalue weighted by Crippen LogP contribution is -2.64. The summed E-state index contributed by atoms with van der Waals surface area (Å²) in [4.78, 5) is 14.8. The van der Waals surface area contributed by atoms with E-state index in [1.54, 1.807) is 0 Å². The highest BCUT2D eigenvalue weighted by Crippen LogP contribution is 2.52. The van der Waals surface area contributed by atoms with Gasteiger partial charge in [0.15, 0.2) is 0 Å². The molecule has 1 aliphatic carbocycles. The summed E-state index contributed by atoms with van der Waals surface area (Å²) < 4.78 is 0. The SMILES string of the molecule is CC1(C)CC(C)(C)CC(C(N)=O)(N2CCCNCC2)C1. The number of hydrogen-bond acceptors (Lipinski definition) is 3. The van der Waals surface area contributed by atoms with E-state index in [9.17, 15) is 4.79 Å². The number of carbonyl (C=O) groups excluding carboxylic acids is 1. The fourth-order valence-corrected chi connectivity index (χ4v) is 4.89. The molecule has 2 fully saturated rings. The molecule has 1 saturated carbocycles. The van der Waals surface area contributed by atoms with Gasteiger partial charge in [-0.15, -0.1) is 0 Å². The summed E-state index contributed by atoms with van der Waals surface area (Å²) in [5.41, 5.74) is 5.79. The zero-order chi connectivity index (χ0) is 15.0. The third-order valence-electron chi connectivity index (χ3n) is 4.90. The number of nitrogens with two attached hydrogens (primary N) is 1. The first-order valence-electron chi connectivity index (χ1n) is 7.93. The summed E-state index contributed by atoms with van der Waals surface area (Å²) in [6.45, 7) is 13.0. The second-order valence-electron chi connectivity index (χ2n) is 8.35. The smallest absolute Gasteiger partial charge is 0.237 e. The van der Waals surface area contributed by atoms with Crippen LogP contribution in [-0.2, 0) is 4.79 Å². The molecule has 4 heteroatoms. The standard InChI is InChI=1S/C16H31N3O/c1-14(2)10-15(3,4)12-16(11-14,13(17)20)19-8-5-6-18-7-9-19/h18H,5-12H2,1-4H3,(H2,17,20). The average Bonchev–Trinajstić information content (AvgIpc) is 2.52. The minimum absolute atomic E-state index is 0.125. The fourth-order valence-electron chi connectivity index (χ4n) is 4.89. The van der Waals surface area contributed by atoms with Crippen molar-refractivity contribution in [2.45, 2.75) is 58.9 Å². The Balaban J connectivity index is 2.35. The van der Waals surface area contributed by atoms with Crippen molar-refractivity contribution < 1.29 is 4.79 Å². The van der Waals surface area contributed by atoms with Crippen LogP contribution in [0.3, 0.4) is 0 Å². The van der Waals surface area contributed by atoms with Gasteiger partial charge in [0.05, 0.1) is 0 Å². The number of nitrogens with one attached hydrogen (secondary N) is 1. The maximum Gasteiger partial charge on any atom is 0.237 e. The van der Waals surface area contributed by atoms with Crippen molar-refractivity contribution in [1.29, 1.82) is 0 Å². The lowest BCUT2D eigenvalue weighted by Gasteiger charge is -2.54. The Hall–Kier alpha value is -0.610. The highest BCUT2D eigenvalue weighted by molar-refractivity contribution is 5.85. The monoisotopic (exact) mass is 281 g/mol. The topological polar surface area (TPSA) is 58.4 Å². The second-order valence-corrected chi connectivity index (χ2v) is 8.35. The third kappa shape index (κ3) is 3.17. The van der Waals surface area contributed by atoms with Gasteiger partial charge in [0, 0.05) is 19.6 Å². The van der Waals surface area contributed by atoms with E-state index in [1.165, 1.54) is 0 Å². The van der Waals surface area contributed by atoms with Crippen LogP contribution in [0.15, 0.2) is 0 Å². The first-order valence-corrected chi connectivity index (χ1v) is 7.93. The van der Waals surface area contributed by atoms with E-state index < -0.39 is 5.54 Å². The number of rotatable bonds is 2. The molecule has 3 N–H and O–H groups in total. The molecule has 20 heavy (non-hydrogen) atoms. The summed E-state index contributed by atoms with van der Waals surface area (Å²) >= 11 is 0. The van der Waals surface area contributed by atoms with Gasteiger partial charge in [-0.3, -0.25) is 9.69 Å². The molecule has 4 nitrogen and oxygen atoms in total. The summed E-state index contributed by atoms with van der Waals surface area (Å²) in [6, 6.07) is 0. The van der Waals surface area contributed by atoms with Crippen molar-refractivity contribution in [3.05, 3.63) is 0 Å². The number of nitrogens with zero attached hydrogens (tertiary/aromatic N) is 1. The summed E-state index contributed by atoms with van der Waals surface area (Å²) in [5.74, 6) is -0.125. The lowest BCUT2D eigenvalue weighted by atomic mass is 9.57. The van der Waals surface area contributed by atoms with Gasteiger partial charge in [-0.2, -0.15) is 0 Å². The first kappa shape index (κ1) is 15.8. The number of carbonyl (C=O) groups is 1. The number of amides is 1. The van der Waals surface area contributed by atoms with Crippen LogP contribution in [0.5, 0.6) is 0 Å². The van der Waals surface area contributed by atoms with E-state index in [0.717, 1.165) is 51.9 Å². The quantitative estimate of drug-likeness (QED) is 0.810. The third-order valence-corrected chi connectivity index (χ3v) is 4.90. The van der Waals surface area contributed by atoms with Crippen molar-refractivity contribution >= 4 is 5.91 Å². The predicted molar refractivity (Wildman–Crippen MR) is 82.4 cm³/mol. The van der Waals surface area contributed by atoms with Crippen molar-refractivity contribution in [3.8, 4) is 0 Å². The zero-order valence-electron chi connectivity index (χ0n) is 13.6. The van der Waals surface area contributed by atoms with Crippen LogP contribution in [0, 0.1) is 10.8 Å². The first-order chi connectivity index (χ1) is 9.17. The van der Waals surface area contributed by atoms with E-state index in [1.807, 2.05) is 0 Å². The second kappa shape index (κ2) is 5.30. The molecule has 0 aromatic carbocycles. The van der Waals surface area contributed by atoms with Crippen molar-refractivity contribution in [1.82, 2.24) is 10.2 Å². The number of primary amides is 1. The van der Waals surface area contributed by atoms with Gasteiger partial charge in [-0.25, -0.2) is 0 Å². The minimum atomic E-state index is -0.461. The molecule has 0 aromatic heterocycles. The largest absolute Gasteiger partial charge is 0.368 e. The zero-order valence-corrected chi connectivity index (χ0v) is 13.6. The van der Waals surface area contributed by atoms with Gasteiger partial charge in [-0.1, -0.05) is 27.7 Å². The highest BCUT2D eigenvalue weighted by Gasteiger charge is 2.53. The fraction of sp³-hybridized carbons (Fsp3) is 0.938. The van der Waals surface area contributed by atoms with Crippen LogP contribution < -0.4 is 11.1 Å². The Kier molecular flexibility index (Phi) is 4.18. The molecule has 1 aliphatic heterocycles. The Morgan fingerprint density at radius 3 is 2.15 bits per heavy atom. The molecular formula is C16H31N3O. The van der Waals surface area contributed by atoms with Crippen LogP contribution in [0.25, 0.3) is 0 Å². The molecule has 1 amide bonds. The van der Waals surface area contributed by atoms with Gasteiger partial charge in [0.2, 0.25) is 5.91 Å². The van der Waals surface area contributed by atoms with Gasteiger partial charge in [0.1, 0.15) is 5.54 Å². The van der Waals surface area contributed by atoms with Crippen molar-refractivity contribution in [2.75, 3.05) is 26.2 Å². The summed E-state index contributed by atoms with van der Waals surface area (Å²) in [6.07, 6.45) is 4.02. The Morgan fingerprint density at radius 2 is 1.60 bits per heavy atom. The van der Waals surface area contributed by atoms with Gasteiger partial charge < -0.3 is 11.1 Å². The molecule has 2 aliphatic rings. The van der Waals surface area contributed by atoms with Crippen LogP contribution >= 0.6 is 0 Å². The molecule has 1 saturated heterocycles. The Bertz CT molecular complexity index is 352. The highest BCUT2D eigenvalue weighted by atomic mass is 16.1. The predicted octanol–water partition coefficient (Wildman–Crippen LogP) is 1.74. The van der Waals surface area contributed by atoms with Crippen LogP contribution in [0.2, 0.25) is 0 Å². The minimum Gasteiger partial charge on any atom is -0.368 e. The summed E-state index contributed by atoms with van der Waals surface area (Å²) in [5, 5.41) is 3.42. The maximum atomic E-state index is 12.4. The van der Waals surface area contributed by atoms with Crippen molar-refractivity contribution in [3.63, 3.8) is 0 Å². The normalized spacial score (nSPS) is 29.6. The molecule has 1 heterocycles. The molecular weight excluding hydrogens is 250 g/mol. The molecule has 0 bridgehead atoms. The molecule has 0 spiro atoms.